The van der Waals surface area contributed by atoms with E-state index < -0.39 is 0 Å². The van der Waals surface area contributed by atoms with E-state index in [9.17, 15) is 5.11 Å². The first-order chi connectivity index (χ1) is 7.63. The molecule has 1 unspecified atom stereocenters. The van der Waals surface area contributed by atoms with Crippen LogP contribution < -0.4 is 0 Å². The second-order valence-corrected chi connectivity index (χ2v) is 5.30. The highest BCUT2D eigenvalue weighted by molar-refractivity contribution is 5.15. The molecule has 1 aliphatic rings. The van der Waals surface area contributed by atoms with Crippen molar-refractivity contribution in [2.45, 2.75) is 44.8 Å². The molecule has 16 heavy (non-hydrogen) atoms. The summed E-state index contributed by atoms with van der Waals surface area (Å²) in [7, 11) is 0. The Morgan fingerprint density at radius 2 is 2.00 bits per heavy atom. The lowest BCUT2D eigenvalue weighted by Gasteiger charge is -2.35. The van der Waals surface area contributed by atoms with Gasteiger partial charge >= 0.3 is 0 Å². The second kappa shape index (κ2) is 4.56. The molecule has 2 rings (SSSR count). The van der Waals surface area contributed by atoms with Gasteiger partial charge in [-0.3, -0.25) is 4.90 Å². The van der Waals surface area contributed by atoms with Crippen LogP contribution in [0.2, 0.25) is 0 Å². The molecular weight excluding hydrogens is 198 g/mol. The zero-order valence-corrected chi connectivity index (χ0v) is 10.2. The van der Waals surface area contributed by atoms with Gasteiger partial charge in [0, 0.05) is 18.1 Å². The summed E-state index contributed by atoms with van der Waals surface area (Å²) >= 11 is 0. The number of hydrogen-bond acceptors (Lipinski definition) is 2. The molecule has 1 N–H and O–H groups in total. The SMILES string of the molecule is CC1(C)CCC(CO)N1Cc1ccccc1. The minimum absolute atomic E-state index is 0.212. The van der Waals surface area contributed by atoms with E-state index in [2.05, 4.69) is 43.0 Å². The fraction of sp³-hybridized carbons (Fsp3) is 0.571. The summed E-state index contributed by atoms with van der Waals surface area (Å²) in [6.07, 6.45) is 2.28. The molecule has 2 nitrogen and oxygen atoms in total. The van der Waals surface area contributed by atoms with Crippen molar-refractivity contribution in [1.82, 2.24) is 4.90 Å². The minimum Gasteiger partial charge on any atom is -0.395 e. The van der Waals surface area contributed by atoms with Crippen LogP contribution in [0.1, 0.15) is 32.3 Å². The van der Waals surface area contributed by atoms with Gasteiger partial charge in [-0.2, -0.15) is 0 Å². The molecule has 0 aromatic heterocycles. The maximum absolute atomic E-state index is 9.41. The monoisotopic (exact) mass is 219 g/mol. The van der Waals surface area contributed by atoms with Gasteiger partial charge in [0.25, 0.3) is 0 Å². The third-order valence-corrected chi connectivity index (χ3v) is 3.71. The highest BCUT2D eigenvalue weighted by atomic mass is 16.3. The fourth-order valence-corrected chi connectivity index (χ4v) is 2.63. The Morgan fingerprint density at radius 1 is 1.31 bits per heavy atom. The van der Waals surface area contributed by atoms with Crippen molar-refractivity contribution in [3.63, 3.8) is 0 Å². The molecule has 1 saturated heterocycles. The summed E-state index contributed by atoms with van der Waals surface area (Å²) in [5.41, 5.74) is 1.54. The summed E-state index contributed by atoms with van der Waals surface area (Å²) < 4.78 is 0. The van der Waals surface area contributed by atoms with E-state index in [1.54, 1.807) is 0 Å². The number of nitrogens with zero attached hydrogens (tertiary/aromatic N) is 1. The average Bonchev–Trinajstić information content (AvgIpc) is 2.56. The van der Waals surface area contributed by atoms with E-state index in [1.807, 2.05) is 6.07 Å². The summed E-state index contributed by atoms with van der Waals surface area (Å²) in [6.45, 7) is 5.76. The molecule has 0 spiro atoms. The number of likely N-dealkylation sites (tertiary alicyclic amines) is 1. The molecule has 1 aromatic carbocycles. The molecule has 0 amide bonds. The van der Waals surface area contributed by atoms with Gasteiger partial charge in [-0.05, 0) is 32.3 Å². The molecule has 0 aliphatic carbocycles. The summed E-state index contributed by atoms with van der Waals surface area (Å²) in [5.74, 6) is 0. The topological polar surface area (TPSA) is 23.5 Å². The standard InChI is InChI=1S/C14H21NO/c1-14(2)9-8-13(11-16)15(14)10-12-6-4-3-5-7-12/h3-7,13,16H,8-11H2,1-2H3. The van der Waals surface area contributed by atoms with Gasteiger partial charge in [-0.1, -0.05) is 30.3 Å². The predicted molar refractivity (Wildman–Crippen MR) is 66.2 cm³/mol. The highest BCUT2D eigenvalue weighted by Gasteiger charge is 2.38. The van der Waals surface area contributed by atoms with E-state index in [1.165, 1.54) is 12.0 Å². The second-order valence-electron chi connectivity index (χ2n) is 5.30. The molecular formula is C14H21NO. The van der Waals surface area contributed by atoms with Gasteiger partial charge in [-0.15, -0.1) is 0 Å². The molecule has 2 heteroatoms. The fourth-order valence-electron chi connectivity index (χ4n) is 2.63. The number of aliphatic hydroxyl groups is 1. The van der Waals surface area contributed by atoms with Crippen LogP contribution in [0, 0.1) is 0 Å². The number of benzene rings is 1. The average molecular weight is 219 g/mol. The highest BCUT2D eigenvalue weighted by Crippen LogP contribution is 2.34. The zero-order valence-electron chi connectivity index (χ0n) is 10.2. The summed E-state index contributed by atoms with van der Waals surface area (Å²) in [5, 5.41) is 9.41. The van der Waals surface area contributed by atoms with E-state index in [0.29, 0.717) is 6.04 Å². The van der Waals surface area contributed by atoms with Crippen LogP contribution >= 0.6 is 0 Å². The number of hydrogen-bond donors (Lipinski definition) is 1. The van der Waals surface area contributed by atoms with Crippen LogP contribution in [0.25, 0.3) is 0 Å². The third-order valence-electron chi connectivity index (χ3n) is 3.71. The smallest absolute Gasteiger partial charge is 0.0587 e. The molecule has 1 aliphatic heterocycles. The number of rotatable bonds is 3. The van der Waals surface area contributed by atoms with Gasteiger partial charge in [0.1, 0.15) is 0 Å². The van der Waals surface area contributed by atoms with Crippen LogP contribution in [-0.2, 0) is 6.54 Å². The van der Waals surface area contributed by atoms with Gasteiger partial charge in [0.15, 0.2) is 0 Å². The van der Waals surface area contributed by atoms with Crippen LogP contribution in [0.15, 0.2) is 30.3 Å². The Labute approximate surface area is 97.9 Å². The van der Waals surface area contributed by atoms with Gasteiger partial charge < -0.3 is 5.11 Å². The molecule has 1 fully saturated rings. The maximum atomic E-state index is 9.41. The molecule has 0 saturated carbocycles. The van der Waals surface area contributed by atoms with Crippen molar-refractivity contribution in [2.75, 3.05) is 6.61 Å². The van der Waals surface area contributed by atoms with E-state index in [4.69, 9.17) is 0 Å². The first-order valence-corrected chi connectivity index (χ1v) is 6.05. The van der Waals surface area contributed by atoms with Crippen molar-refractivity contribution in [3.8, 4) is 0 Å². The van der Waals surface area contributed by atoms with Gasteiger partial charge in [0.05, 0.1) is 6.61 Å². The molecule has 1 atom stereocenters. The first-order valence-electron chi connectivity index (χ1n) is 6.05. The largest absolute Gasteiger partial charge is 0.395 e. The van der Waals surface area contributed by atoms with Crippen LogP contribution in [0.5, 0.6) is 0 Å². The van der Waals surface area contributed by atoms with Crippen molar-refractivity contribution >= 4 is 0 Å². The van der Waals surface area contributed by atoms with Crippen molar-refractivity contribution in [2.24, 2.45) is 0 Å². The Balaban J connectivity index is 2.12. The summed E-state index contributed by atoms with van der Waals surface area (Å²) in [6, 6.07) is 10.8. The van der Waals surface area contributed by atoms with E-state index >= 15 is 0 Å². The van der Waals surface area contributed by atoms with Crippen molar-refractivity contribution < 1.29 is 5.11 Å². The van der Waals surface area contributed by atoms with Crippen LogP contribution in [0.4, 0.5) is 0 Å². The van der Waals surface area contributed by atoms with Gasteiger partial charge in [-0.25, -0.2) is 0 Å². The van der Waals surface area contributed by atoms with Crippen LogP contribution in [0.3, 0.4) is 0 Å². The zero-order chi connectivity index (χ0) is 11.6. The Hall–Kier alpha value is -0.860. The molecule has 0 radical (unpaired) electrons. The Bertz CT molecular complexity index is 334. The summed E-state index contributed by atoms with van der Waals surface area (Å²) in [4.78, 5) is 2.43. The lowest BCUT2D eigenvalue weighted by atomic mass is 10.0. The van der Waals surface area contributed by atoms with E-state index in [0.717, 1.165) is 13.0 Å². The van der Waals surface area contributed by atoms with E-state index in [-0.39, 0.29) is 12.1 Å². The van der Waals surface area contributed by atoms with Crippen LogP contribution in [-0.4, -0.2) is 28.2 Å². The quantitative estimate of drug-likeness (QED) is 0.844. The molecule has 88 valence electrons. The minimum atomic E-state index is 0.212. The molecule has 1 heterocycles. The Morgan fingerprint density at radius 3 is 2.62 bits per heavy atom. The number of aliphatic hydroxyl groups excluding tert-OH is 1. The predicted octanol–water partition coefficient (Wildman–Crippen LogP) is 2.42. The van der Waals surface area contributed by atoms with Gasteiger partial charge in [0.2, 0.25) is 0 Å². The molecule has 0 bridgehead atoms. The maximum Gasteiger partial charge on any atom is 0.0587 e. The lowest BCUT2D eigenvalue weighted by Crippen LogP contribution is -2.43. The third kappa shape index (κ3) is 2.28. The van der Waals surface area contributed by atoms with Crippen molar-refractivity contribution in [3.05, 3.63) is 35.9 Å². The first kappa shape index (κ1) is 11.6. The normalized spacial score (nSPS) is 24.8. The lowest BCUT2D eigenvalue weighted by molar-refractivity contribution is 0.0817. The van der Waals surface area contributed by atoms with Crippen molar-refractivity contribution in [1.29, 1.82) is 0 Å². The molecule has 1 aromatic rings. The Kier molecular flexibility index (Phi) is 3.31.